The number of nitrogens with zero attached hydrogens (tertiary/aromatic N) is 1. The Bertz CT molecular complexity index is 627. The SMILES string of the molecule is C#Cc1cccc(NCc2ccc([N+](=O)[O-])cc2)c1. The van der Waals surface area contributed by atoms with Crippen LogP contribution in [0.15, 0.2) is 48.5 Å². The predicted molar refractivity (Wildman–Crippen MR) is 74.8 cm³/mol. The third kappa shape index (κ3) is 3.33. The molecule has 2 aromatic carbocycles. The first-order valence-corrected chi connectivity index (χ1v) is 5.73. The molecule has 0 atom stereocenters. The molecule has 2 rings (SSSR count). The standard InChI is InChI=1S/C15H12N2O2/c1-2-12-4-3-5-14(10-12)16-11-13-6-8-15(9-7-13)17(18)19/h1,3-10,16H,11H2. The van der Waals surface area contributed by atoms with Crippen LogP contribution >= 0.6 is 0 Å². The molecule has 0 aliphatic heterocycles. The van der Waals surface area contributed by atoms with Gasteiger partial charge in [-0.05, 0) is 23.8 Å². The van der Waals surface area contributed by atoms with E-state index in [1.807, 2.05) is 24.3 Å². The van der Waals surface area contributed by atoms with Gasteiger partial charge in [-0.3, -0.25) is 10.1 Å². The number of non-ortho nitro benzene ring substituents is 1. The number of nitrogens with one attached hydrogen (secondary N) is 1. The van der Waals surface area contributed by atoms with E-state index in [-0.39, 0.29) is 5.69 Å². The molecule has 0 heterocycles. The van der Waals surface area contributed by atoms with Gasteiger partial charge in [-0.1, -0.05) is 24.1 Å². The van der Waals surface area contributed by atoms with Crippen LogP contribution in [0.25, 0.3) is 0 Å². The Morgan fingerprint density at radius 1 is 1.21 bits per heavy atom. The van der Waals surface area contributed by atoms with E-state index in [9.17, 15) is 10.1 Å². The van der Waals surface area contributed by atoms with Crippen LogP contribution in [0.5, 0.6) is 0 Å². The Balaban J connectivity index is 2.02. The molecule has 0 saturated carbocycles. The lowest BCUT2D eigenvalue weighted by molar-refractivity contribution is -0.384. The fourth-order valence-corrected chi connectivity index (χ4v) is 1.66. The topological polar surface area (TPSA) is 55.2 Å². The van der Waals surface area contributed by atoms with Crippen LogP contribution in [-0.2, 0) is 6.54 Å². The van der Waals surface area contributed by atoms with Crippen molar-refractivity contribution in [2.24, 2.45) is 0 Å². The molecule has 0 bridgehead atoms. The summed E-state index contributed by atoms with van der Waals surface area (Å²) in [6.07, 6.45) is 5.33. The lowest BCUT2D eigenvalue weighted by Crippen LogP contribution is -1.99. The van der Waals surface area contributed by atoms with Gasteiger partial charge >= 0.3 is 0 Å². The molecular formula is C15H12N2O2. The van der Waals surface area contributed by atoms with Crippen LogP contribution in [0.4, 0.5) is 11.4 Å². The maximum absolute atomic E-state index is 10.5. The van der Waals surface area contributed by atoms with Crippen LogP contribution < -0.4 is 5.32 Å². The average molecular weight is 252 g/mol. The van der Waals surface area contributed by atoms with Gasteiger partial charge in [0.05, 0.1) is 4.92 Å². The van der Waals surface area contributed by atoms with Crippen molar-refractivity contribution in [2.45, 2.75) is 6.54 Å². The molecule has 2 aromatic rings. The molecule has 0 aliphatic rings. The zero-order valence-electron chi connectivity index (χ0n) is 10.2. The largest absolute Gasteiger partial charge is 0.381 e. The van der Waals surface area contributed by atoms with E-state index < -0.39 is 4.92 Å². The van der Waals surface area contributed by atoms with Crippen molar-refractivity contribution in [1.29, 1.82) is 0 Å². The minimum atomic E-state index is -0.409. The van der Waals surface area contributed by atoms with Gasteiger partial charge in [-0.25, -0.2) is 0 Å². The monoisotopic (exact) mass is 252 g/mol. The van der Waals surface area contributed by atoms with Gasteiger partial charge in [0.25, 0.3) is 5.69 Å². The van der Waals surface area contributed by atoms with Crippen molar-refractivity contribution in [2.75, 3.05) is 5.32 Å². The summed E-state index contributed by atoms with van der Waals surface area (Å²) in [5.41, 5.74) is 2.80. The van der Waals surface area contributed by atoms with Crippen LogP contribution in [-0.4, -0.2) is 4.92 Å². The third-order valence-electron chi connectivity index (χ3n) is 2.67. The maximum Gasteiger partial charge on any atom is 0.269 e. The van der Waals surface area contributed by atoms with Gasteiger partial charge in [0.15, 0.2) is 0 Å². The van der Waals surface area contributed by atoms with Crippen LogP contribution in [0.2, 0.25) is 0 Å². The number of terminal acetylenes is 1. The summed E-state index contributed by atoms with van der Waals surface area (Å²) in [6.45, 7) is 0.589. The number of anilines is 1. The highest BCUT2D eigenvalue weighted by Crippen LogP contribution is 2.14. The van der Waals surface area contributed by atoms with E-state index in [1.165, 1.54) is 12.1 Å². The molecule has 4 nitrogen and oxygen atoms in total. The molecule has 19 heavy (non-hydrogen) atoms. The van der Waals surface area contributed by atoms with Crippen LogP contribution in [0.3, 0.4) is 0 Å². The third-order valence-corrected chi connectivity index (χ3v) is 2.67. The first kappa shape index (κ1) is 12.7. The number of nitro benzene ring substituents is 1. The average Bonchev–Trinajstić information content (AvgIpc) is 2.46. The fraction of sp³-hybridized carbons (Fsp3) is 0.0667. The van der Waals surface area contributed by atoms with Crippen molar-refractivity contribution < 1.29 is 4.92 Å². The van der Waals surface area contributed by atoms with Gasteiger partial charge < -0.3 is 5.32 Å². The number of benzene rings is 2. The zero-order valence-corrected chi connectivity index (χ0v) is 10.2. The smallest absolute Gasteiger partial charge is 0.269 e. The predicted octanol–water partition coefficient (Wildman–Crippen LogP) is 3.19. The number of nitro groups is 1. The van der Waals surface area contributed by atoms with E-state index in [0.717, 1.165) is 16.8 Å². The second-order valence-electron chi connectivity index (χ2n) is 4.00. The van der Waals surface area contributed by atoms with Crippen molar-refractivity contribution >= 4 is 11.4 Å². The summed E-state index contributed by atoms with van der Waals surface area (Å²) < 4.78 is 0. The highest BCUT2D eigenvalue weighted by Gasteiger charge is 2.03. The Morgan fingerprint density at radius 2 is 1.95 bits per heavy atom. The molecule has 0 aliphatic carbocycles. The van der Waals surface area contributed by atoms with Crippen LogP contribution in [0, 0.1) is 22.5 Å². The second kappa shape index (κ2) is 5.69. The molecule has 0 fully saturated rings. The van der Waals surface area contributed by atoms with Gasteiger partial charge in [0.1, 0.15) is 0 Å². The first-order valence-electron chi connectivity index (χ1n) is 5.73. The minimum absolute atomic E-state index is 0.0954. The lowest BCUT2D eigenvalue weighted by atomic mass is 10.2. The van der Waals surface area contributed by atoms with Crippen molar-refractivity contribution in [3.05, 3.63) is 69.8 Å². The highest BCUT2D eigenvalue weighted by atomic mass is 16.6. The molecular weight excluding hydrogens is 240 g/mol. The fourth-order valence-electron chi connectivity index (χ4n) is 1.66. The molecule has 0 spiro atoms. The van der Waals surface area contributed by atoms with Gasteiger partial charge in [-0.2, -0.15) is 0 Å². The van der Waals surface area contributed by atoms with Gasteiger partial charge in [0.2, 0.25) is 0 Å². The molecule has 0 amide bonds. The Morgan fingerprint density at radius 3 is 2.58 bits per heavy atom. The zero-order chi connectivity index (χ0) is 13.7. The second-order valence-corrected chi connectivity index (χ2v) is 4.00. The molecule has 94 valence electrons. The number of hydrogen-bond donors (Lipinski definition) is 1. The maximum atomic E-state index is 10.5. The molecule has 1 N–H and O–H groups in total. The minimum Gasteiger partial charge on any atom is -0.381 e. The summed E-state index contributed by atoms with van der Waals surface area (Å²) in [4.78, 5) is 10.1. The van der Waals surface area contributed by atoms with E-state index in [2.05, 4.69) is 11.2 Å². The van der Waals surface area contributed by atoms with Gasteiger partial charge in [0, 0.05) is 29.9 Å². The van der Waals surface area contributed by atoms with E-state index >= 15 is 0 Å². The Labute approximate surface area is 111 Å². The summed E-state index contributed by atoms with van der Waals surface area (Å²) in [6, 6.07) is 14.0. The number of rotatable bonds is 4. The molecule has 0 unspecified atom stereocenters. The van der Waals surface area contributed by atoms with Crippen LogP contribution in [0.1, 0.15) is 11.1 Å². The summed E-state index contributed by atoms with van der Waals surface area (Å²) >= 11 is 0. The summed E-state index contributed by atoms with van der Waals surface area (Å²) in [7, 11) is 0. The normalized spacial score (nSPS) is 9.63. The Hall–Kier alpha value is -2.80. The molecule has 0 saturated heterocycles. The van der Waals surface area contributed by atoms with Gasteiger partial charge in [-0.15, -0.1) is 6.42 Å². The Kier molecular flexibility index (Phi) is 3.79. The molecule has 4 heteroatoms. The summed E-state index contributed by atoms with van der Waals surface area (Å²) in [5.74, 6) is 2.57. The van der Waals surface area contributed by atoms with Crippen molar-refractivity contribution in [1.82, 2.24) is 0 Å². The first-order chi connectivity index (χ1) is 9.19. The van der Waals surface area contributed by atoms with E-state index in [4.69, 9.17) is 6.42 Å². The molecule has 0 radical (unpaired) electrons. The van der Waals surface area contributed by atoms with Crippen molar-refractivity contribution in [3.63, 3.8) is 0 Å². The summed E-state index contributed by atoms with van der Waals surface area (Å²) in [5, 5.41) is 13.8. The quantitative estimate of drug-likeness (QED) is 0.516. The number of hydrogen-bond acceptors (Lipinski definition) is 3. The molecule has 0 aromatic heterocycles. The van der Waals surface area contributed by atoms with E-state index in [0.29, 0.717) is 6.54 Å². The van der Waals surface area contributed by atoms with E-state index in [1.54, 1.807) is 12.1 Å². The lowest BCUT2D eigenvalue weighted by Gasteiger charge is -2.06. The highest BCUT2D eigenvalue weighted by molar-refractivity contribution is 5.50. The van der Waals surface area contributed by atoms with Crippen molar-refractivity contribution in [3.8, 4) is 12.3 Å².